The molecule has 0 aliphatic carbocycles. The highest BCUT2D eigenvalue weighted by Gasteiger charge is 2.12. The van der Waals surface area contributed by atoms with E-state index in [4.69, 9.17) is 4.74 Å². The first-order valence-electron chi connectivity index (χ1n) is 9.49. The van der Waals surface area contributed by atoms with E-state index in [0.717, 1.165) is 22.6 Å². The number of nitrogens with zero attached hydrogens (tertiary/aromatic N) is 2. The maximum absolute atomic E-state index is 12.1. The van der Waals surface area contributed by atoms with Crippen molar-refractivity contribution in [3.8, 4) is 11.4 Å². The number of rotatable bonds is 6. The van der Waals surface area contributed by atoms with Gasteiger partial charge in [-0.2, -0.15) is 5.10 Å². The Morgan fingerprint density at radius 1 is 1.07 bits per heavy atom. The predicted molar refractivity (Wildman–Crippen MR) is 114 cm³/mol. The number of benzene rings is 2. The molecule has 1 heterocycles. The summed E-state index contributed by atoms with van der Waals surface area (Å²) in [5, 5.41) is 13.3. The van der Waals surface area contributed by atoms with Crippen LogP contribution in [0.1, 0.15) is 44.6 Å². The van der Waals surface area contributed by atoms with Crippen molar-refractivity contribution < 1.29 is 19.4 Å². The van der Waals surface area contributed by atoms with Crippen molar-refractivity contribution in [2.45, 2.75) is 20.8 Å². The number of esters is 1. The molecule has 0 atom stereocenters. The first-order valence-corrected chi connectivity index (χ1v) is 9.49. The van der Waals surface area contributed by atoms with Gasteiger partial charge in [-0.25, -0.2) is 10.2 Å². The van der Waals surface area contributed by atoms with E-state index in [1.165, 1.54) is 24.3 Å². The molecular formula is C23H23N3O4. The molecule has 7 heteroatoms. The fourth-order valence-corrected chi connectivity index (χ4v) is 3.11. The number of aromatic nitrogens is 1. The maximum Gasteiger partial charge on any atom is 0.338 e. The molecule has 0 unspecified atom stereocenters. The van der Waals surface area contributed by atoms with Crippen molar-refractivity contribution in [2.75, 3.05) is 6.61 Å². The molecule has 2 aromatic carbocycles. The minimum absolute atomic E-state index is 0.0952. The molecule has 154 valence electrons. The average Bonchev–Trinajstić information content (AvgIpc) is 3.02. The highest BCUT2D eigenvalue weighted by molar-refractivity contribution is 5.95. The summed E-state index contributed by atoms with van der Waals surface area (Å²) in [5.41, 5.74) is 7.08. The Morgan fingerprint density at radius 3 is 2.33 bits per heavy atom. The van der Waals surface area contributed by atoms with Crippen LogP contribution in [0.2, 0.25) is 0 Å². The molecule has 0 spiro atoms. The number of nitrogens with one attached hydrogen (secondary N) is 1. The van der Waals surface area contributed by atoms with Crippen LogP contribution in [-0.4, -0.2) is 34.4 Å². The molecule has 3 aromatic rings. The zero-order valence-corrected chi connectivity index (χ0v) is 17.0. The number of phenolic OH excluding ortho intramolecular Hbond substituents is 1. The van der Waals surface area contributed by atoms with Gasteiger partial charge < -0.3 is 14.4 Å². The number of ether oxygens (including phenoxy) is 1. The van der Waals surface area contributed by atoms with Crippen LogP contribution in [0.4, 0.5) is 0 Å². The van der Waals surface area contributed by atoms with E-state index in [2.05, 4.69) is 10.5 Å². The van der Waals surface area contributed by atoms with Crippen LogP contribution in [0.3, 0.4) is 0 Å². The fourth-order valence-electron chi connectivity index (χ4n) is 3.11. The molecule has 7 nitrogen and oxygen atoms in total. The summed E-state index contributed by atoms with van der Waals surface area (Å²) in [5.74, 6) is -0.616. The smallest absolute Gasteiger partial charge is 0.338 e. The van der Waals surface area contributed by atoms with Crippen molar-refractivity contribution in [3.05, 3.63) is 82.7 Å². The lowest BCUT2D eigenvalue weighted by molar-refractivity contribution is 0.0526. The minimum Gasteiger partial charge on any atom is -0.508 e. The number of carbonyl (C=O) groups is 2. The standard InChI is InChI=1S/C23H23N3O4/c1-4-30-23(29)18-5-9-20(10-6-18)26-15(2)13-19(16(26)3)14-24-25-22(28)17-7-11-21(27)12-8-17/h5-14,27H,4H2,1-3H3,(H,25,28)/b24-14-. The first kappa shape index (κ1) is 20.9. The fraction of sp³-hybridized carbons (Fsp3) is 0.174. The topological polar surface area (TPSA) is 92.9 Å². The molecule has 2 N–H and O–H groups in total. The van der Waals surface area contributed by atoms with Gasteiger partial charge in [0.25, 0.3) is 5.91 Å². The first-order chi connectivity index (χ1) is 14.4. The number of hydrogen-bond donors (Lipinski definition) is 2. The number of hydrogen-bond acceptors (Lipinski definition) is 5. The van der Waals surface area contributed by atoms with Gasteiger partial charge >= 0.3 is 5.97 Å². The van der Waals surface area contributed by atoms with E-state index in [9.17, 15) is 14.7 Å². The Hall–Kier alpha value is -3.87. The number of hydrazone groups is 1. The highest BCUT2D eigenvalue weighted by Crippen LogP contribution is 2.20. The van der Waals surface area contributed by atoms with Gasteiger partial charge in [-0.05, 0) is 75.4 Å². The number of carbonyl (C=O) groups excluding carboxylic acids is 2. The van der Waals surface area contributed by atoms with E-state index in [1.807, 2.05) is 36.6 Å². The monoisotopic (exact) mass is 405 g/mol. The van der Waals surface area contributed by atoms with Crippen LogP contribution in [0.25, 0.3) is 5.69 Å². The highest BCUT2D eigenvalue weighted by atomic mass is 16.5. The minimum atomic E-state index is -0.366. The van der Waals surface area contributed by atoms with E-state index < -0.39 is 0 Å². The van der Waals surface area contributed by atoms with Crippen LogP contribution in [0.5, 0.6) is 5.75 Å². The lowest BCUT2D eigenvalue weighted by Gasteiger charge is -2.10. The van der Waals surface area contributed by atoms with Crippen LogP contribution in [0, 0.1) is 13.8 Å². The number of aryl methyl sites for hydroxylation is 1. The van der Waals surface area contributed by atoms with Crippen molar-refractivity contribution in [1.82, 2.24) is 9.99 Å². The summed E-state index contributed by atoms with van der Waals surface area (Å²) < 4.78 is 7.06. The van der Waals surface area contributed by atoms with Crippen LogP contribution in [-0.2, 0) is 4.74 Å². The Labute approximate surface area is 174 Å². The van der Waals surface area contributed by atoms with E-state index >= 15 is 0 Å². The molecule has 0 radical (unpaired) electrons. The van der Waals surface area contributed by atoms with E-state index in [1.54, 1.807) is 25.3 Å². The Morgan fingerprint density at radius 2 is 1.70 bits per heavy atom. The average molecular weight is 405 g/mol. The maximum atomic E-state index is 12.1. The Bertz CT molecular complexity index is 1080. The molecule has 0 bridgehead atoms. The molecule has 1 amide bonds. The molecular weight excluding hydrogens is 382 g/mol. The quantitative estimate of drug-likeness (QED) is 0.371. The molecule has 30 heavy (non-hydrogen) atoms. The zero-order valence-electron chi connectivity index (χ0n) is 17.0. The van der Waals surface area contributed by atoms with Crippen molar-refractivity contribution in [1.29, 1.82) is 0 Å². The van der Waals surface area contributed by atoms with Gasteiger partial charge in [0, 0.05) is 28.2 Å². The molecule has 1 aromatic heterocycles. The predicted octanol–water partition coefficient (Wildman–Crippen LogP) is 3.74. The Balaban J connectivity index is 1.75. The summed E-state index contributed by atoms with van der Waals surface area (Å²) in [4.78, 5) is 23.9. The van der Waals surface area contributed by atoms with Crippen LogP contribution >= 0.6 is 0 Å². The van der Waals surface area contributed by atoms with Gasteiger partial charge in [0.15, 0.2) is 0 Å². The number of phenols is 1. The van der Waals surface area contributed by atoms with Gasteiger partial charge in [0.1, 0.15) is 5.75 Å². The summed E-state index contributed by atoms with van der Waals surface area (Å²) in [6.45, 7) is 6.03. The van der Waals surface area contributed by atoms with Gasteiger partial charge in [-0.3, -0.25) is 4.79 Å². The zero-order chi connectivity index (χ0) is 21.7. The van der Waals surface area contributed by atoms with Gasteiger partial charge in [0.05, 0.1) is 18.4 Å². The van der Waals surface area contributed by atoms with Crippen molar-refractivity contribution in [2.24, 2.45) is 5.10 Å². The SMILES string of the molecule is CCOC(=O)c1ccc(-n2c(C)cc(/C=N\NC(=O)c3ccc(O)cc3)c2C)cc1. The Kier molecular flexibility index (Phi) is 6.32. The molecule has 0 saturated carbocycles. The second-order valence-corrected chi connectivity index (χ2v) is 6.68. The van der Waals surface area contributed by atoms with Gasteiger partial charge in [-0.1, -0.05) is 0 Å². The van der Waals surface area contributed by atoms with Crippen LogP contribution in [0.15, 0.2) is 59.7 Å². The molecule has 0 fully saturated rings. The van der Waals surface area contributed by atoms with Gasteiger partial charge in [0.2, 0.25) is 0 Å². The largest absolute Gasteiger partial charge is 0.508 e. The third-order valence-corrected chi connectivity index (χ3v) is 4.61. The third kappa shape index (κ3) is 4.57. The van der Waals surface area contributed by atoms with Crippen LogP contribution < -0.4 is 5.43 Å². The normalized spacial score (nSPS) is 10.9. The van der Waals surface area contributed by atoms with E-state index in [0.29, 0.717) is 17.7 Å². The van der Waals surface area contributed by atoms with Crippen molar-refractivity contribution in [3.63, 3.8) is 0 Å². The lowest BCUT2D eigenvalue weighted by atomic mass is 10.2. The lowest BCUT2D eigenvalue weighted by Crippen LogP contribution is -2.17. The molecule has 0 saturated heterocycles. The second-order valence-electron chi connectivity index (χ2n) is 6.68. The second kappa shape index (κ2) is 9.09. The summed E-state index contributed by atoms with van der Waals surface area (Å²) in [6.07, 6.45) is 1.59. The molecule has 0 aliphatic rings. The van der Waals surface area contributed by atoms with Crippen molar-refractivity contribution >= 4 is 18.1 Å². The summed E-state index contributed by atoms with van der Waals surface area (Å²) in [6, 6.07) is 15.1. The molecule has 0 aliphatic heterocycles. The van der Waals surface area contributed by atoms with E-state index in [-0.39, 0.29) is 17.6 Å². The number of aromatic hydroxyl groups is 1. The summed E-state index contributed by atoms with van der Waals surface area (Å²) >= 11 is 0. The van der Waals surface area contributed by atoms with Gasteiger partial charge in [-0.15, -0.1) is 0 Å². The number of amides is 1. The third-order valence-electron chi connectivity index (χ3n) is 4.61. The summed E-state index contributed by atoms with van der Waals surface area (Å²) in [7, 11) is 0. The molecule has 3 rings (SSSR count).